The lowest BCUT2D eigenvalue weighted by molar-refractivity contribution is 1.08. The molecule has 2 aromatic rings. The van der Waals surface area contributed by atoms with Gasteiger partial charge in [0.05, 0.1) is 10.0 Å². The van der Waals surface area contributed by atoms with Gasteiger partial charge in [0.2, 0.25) is 0 Å². The lowest BCUT2D eigenvalue weighted by Gasteiger charge is -2.08. The van der Waals surface area contributed by atoms with Crippen LogP contribution in [0.5, 0.6) is 0 Å². The smallest absolute Gasteiger partial charge is 0.156 e. The summed E-state index contributed by atoms with van der Waals surface area (Å²) in [5.74, 6) is 0.651. The highest BCUT2D eigenvalue weighted by Gasteiger charge is 2.11. The van der Waals surface area contributed by atoms with Crippen LogP contribution >= 0.6 is 46.3 Å². The molecule has 0 saturated heterocycles. The summed E-state index contributed by atoms with van der Waals surface area (Å²) in [7, 11) is 0. The van der Waals surface area contributed by atoms with Crippen LogP contribution in [0.4, 0.5) is 5.82 Å². The molecule has 2 aromatic heterocycles. The van der Waals surface area contributed by atoms with Crippen molar-refractivity contribution in [3.63, 3.8) is 0 Å². The number of pyridine rings is 1. The van der Waals surface area contributed by atoms with Crippen LogP contribution in [0.15, 0.2) is 27.0 Å². The van der Waals surface area contributed by atoms with E-state index in [4.69, 9.17) is 23.2 Å². The summed E-state index contributed by atoms with van der Waals surface area (Å²) in [6, 6.07) is 1.70. The minimum absolute atomic E-state index is 0.528. The Kier molecular flexibility index (Phi) is 4.50. The lowest BCUT2D eigenvalue weighted by Crippen LogP contribution is -2.00. The van der Waals surface area contributed by atoms with Crippen molar-refractivity contribution in [2.45, 2.75) is 16.3 Å². The van der Waals surface area contributed by atoms with Crippen LogP contribution in [0.3, 0.4) is 0 Å². The van der Waals surface area contributed by atoms with Gasteiger partial charge in [0.25, 0.3) is 0 Å². The molecule has 0 spiro atoms. The molecular formula is C10H9Cl2N3S2. The molecule has 0 radical (unpaired) electrons. The third-order valence-electron chi connectivity index (χ3n) is 1.84. The Morgan fingerprint density at radius 2 is 2.24 bits per heavy atom. The molecule has 2 rings (SSSR count). The Balaban J connectivity index is 2.29. The standard InChI is InChI=1S/C10H9Cl2N3S2/c1-2-13-8-6(11)5-7(12)9(15-8)17-10-14-3-4-16-10/h3-5H,2H2,1H3,(H,13,15). The molecule has 0 amide bonds. The van der Waals surface area contributed by atoms with Crippen molar-refractivity contribution in [3.8, 4) is 0 Å². The van der Waals surface area contributed by atoms with Crippen molar-refractivity contribution in [2.75, 3.05) is 11.9 Å². The number of nitrogens with one attached hydrogen (secondary N) is 1. The lowest BCUT2D eigenvalue weighted by atomic mass is 10.4. The third kappa shape index (κ3) is 3.25. The largest absolute Gasteiger partial charge is 0.369 e. The summed E-state index contributed by atoms with van der Waals surface area (Å²) in [6.45, 7) is 2.75. The minimum Gasteiger partial charge on any atom is -0.369 e. The van der Waals surface area contributed by atoms with Crippen LogP contribution in [0.2, 0.25) is 10.0 Å². The van der Waals surface area contributed by atoms with Crippen molar-refractivity contribution in [1.82, 2.24) is 9.97 Å². The fourth-order valence-corrected chi connectivity index (χ4v) is 3.23. The number of hydrogen-bond acceptors (Lipinski definition) is 5. The second kappa shape index (κ2) is 5.91. The van der Waals surface area contributed by atoms with Crippen molar-refractivity contribution in [3.05, 3.63) is 27.7 Å². The molecule has 90 valence electrons. The number of nitrogens with zero attached hydrogens (tertiary/aromatic N) is 2. The number of anilines is 1. The third-order valence-corrected chi connectivity index (χ3v) is 4.41. The number of hydrogen-bond donors (Lipinski definition) is 1. The van der Waals surface area contributed by atoms with Gasteiger partial charge in [0.1, 0.15) is 10.8 Å². The summed E-state index contributed by atoms with van der Waals surface area (Å²) in [6.07, 6.45) is 1.75. The number of halogens is 2. The van der Waals surface area contributed by atoms with Crippen molar-refractivity contribution in [1.29, 1.82) is 0 Å². The van der Waals surface area contributed by atoms with Gasteiger partial charge < -0.3 is 5.32 Å². The molecule has 7 heteroatoms. The van der Waals surface area contributed by atoms with Gasteiger partial charge in [-0.2, -0.15) is 0 Å². The van der Waals surface area contributed by atoms with E-state index in [1.54, 1.807) is 23.6 Å². The van der Waals surface area contributed by atoms with Crippen LogP contribution in [0, 0.1) is 0 Å². The van der Waals surface area contributed by atoms with Gasteiger partial charge in [0, 0.05) is 18.1 Å². The Hall–Kier alpha value is -0.490. The topological polar surface area (TPSA) is 37.8 Å². The molecule has 0 aliphatic carbocycles. The SMILES string of the molecule is CCNc1nc(Sc2nccs2)c(Cl)cc1Cl. The van der Waals surface area contributed by atoms with E-state index < -0.39 is 0 Å². The summed E-state index contributed by atoms with van der Waals surface area (Å²) in [5.41, 5.74) is 0. The van der Waals surface area contributed by atoms with Crippen LogP contribution in [0.1, 0.15) is 6.92 Å². The summed E-state index contributed by atoms with van der Waals surface area (Å²) < 4.78 is 0.907. The first-order valence-electron chi connectivity index (χ1n) is 4.88. The molecule has 0 fully saturated rings. The predicted molar refractivity (Wildman–Crippen MR) is 74.7 cm³/mol. The molecule has 0 bridgehead atoms. The Bertz CT molecular complexity index is 503. The number of aromatic nitrogens is 2. The van der Waals surface area contributed by atoms with Gasteiger partial charge in [-0.15, -0.1) is 11.3 Å². The highest BCUT2D eigenvalue weighted by Crippen LogP contribution is 2.36. The molecule has 0 unspecified atom stereocenters. The van der Waals surface area contributed by atoms with Crippen molar-refractivity contribution < 1.29 is 0 Å². The van der Waals surface area contributed by atoms with E-state index in [-0.39, 0.29) is 0 Å². The van der Waals surface area contributed by atoms with E-state index >= 15 is 0 Å². The maximum atomic E-state index is 6.10. The molecule has 0 aliphatic heterocycles. The monoisotopic (exact) mass is 305 g/mol. The zero-order valence-electron chi connectivity index (χ0n) is 8.91. The highest BCUT2D eigenvalue weighted by molar-refractivity contribution is 8.01. The molecule has 0 saturated carbocycles. The molecule has 0 atom stereocenters. The van der Waals surface area contributed by atoms with Gasteiger partial charge in [-0.1, -0.05) is 23.2 Å². The fourth-order valence-electron chi connectivity index (χ4n) is 1.16. The zero-order valence-corrected chi connectivity index (χ0v) is 12.1. The molecule has 1 N–H and O–H groups in total. The maximum absolute atomic E-state index is 6.10. The fraction of sp³-hybridized carbons (Fsp3) is 0.200. The van der Waals surface area contributed by atoms with E-state index in [9.17, 15) is 0 Å². The Labute approximate surface area is 118 Å². The number of thiazole rings is 1. The van der Waals surface area contributed by atoms with E-state index in [1.807, 2.05) is 12.3 Å². The average molecular weight is 306 g/mol. The van der Waals surface area contributed by atoms with Crippen molar-refractivity contribution >= 4 is 52.1 Å². The van der Waals surface area contributed by atoms with E-state index in [0.717, 1.165) is 10.9 Å². The molecule has 0 aliphatic rings. The van der Waals surface area contributed by atoms with Crippen LogP contribution in [-0.4, -0.2) is 16.5 Å². The van der Waals surface area contributed by atoms with E-state index in [0.29, 0.717) is 20.9 Å². The zero-order chi connectivity index (χ0) is 12.3. The normalized spacial score (nSPS) is 10.5. The van der Waals surface area contributed by atoms with E-state index in [2.05, 4.69) is 15.3 Å². The van der Waals surface area contributed by atoms with Gasteiger partial charge in [-0.05, 0) is 24.8 Å². The van der Waals surface area contributed by atoms with Gasteiger partial charge >= 0.3 is 0 Å². The van der Waals surface area contributed by atoms with Crippen LogP contribution in [-0.2, 0) is 0 Å². The molecule has 3 nitrogen and oxygen atoms in total. The second-order valence-corrected chi connectivity index (χ2v) is 5.98. The number of rotatable bonds is 4. The first kappa shape index (κ1) is 13.0. The maximum Gasteiger partial charge on any atom is 0.156 e. The predicted octanol–water partition coefficient (Wildman–Crippen LogP) is 4.43. The Morgan fingerprint density at radius 3 is 2.88 bits per heavy atom. The average Bonchev–Trinajstić information content (AvgIpc) is 2.78. The molecular weight excluding hydrogens is 297 g/mol. The molecule has 2 heterocycles. The molecule has 17 heavy (non-hydrogen) atoms. The van der Waals surface area contributed by atoms with Crippen LogP contribution < -0.4 is 5.32 Å². The Morgan fingerprint density at radius 1 is 1.41 bits per heavy atom. The summed E-state index contributed by atoms with van der Waals surface area (Å²) in [4.78, 5) is 8.57. The summed E-state index contributed by atoms with van der Waals surface area (Å²) in [5, 5.41) is 6.78. The van der Waals surface area contributed by atoms with Crippen LogP contribution in [0.25, 0.3) is 0 Å². The highest BCUT2D eigenvalue weighted by atomic mass is 35.5. The van der Waals surface area contributed by atoms with Crippen molar-refractivity contribution in [2.24, 2.45) is 0 Å². The second-order valence-electron chi connectivity index (χ2n) is 3.04. The first-order valence-corrected chi connectivity index (χ1v) is 7.33. The van der Waals surface area contributed by atoms with Gasteiger partial charge in [-0.3, -0.25) is 0 Å². The van der Waals surface area contributed by atoms with Gasteiger partial charge in [-0.25, -0.2) is 9.97 Å². The quantitative estimate of drug-likeness (QED) is 0.907. The van der Waals surface area contributed by atoms with Gasteiger partial charge in [0.15, 0.2) is 4.34 Å². The van der Waals surface area contributed by atoms with E-state index in [1.165, 1.54) is 11.8 Å². The molecule has 0 aromatic carbocycles. The summed E-state index contributed by atoms with van der Waals surface area (Å²) >= 11 is 15.1. The first-order chi connectivity index (χ1) is 8.20. The minimum atomic E-state index is 0.528.